The Hall–Kier alpha value is -2.28. The number of ether oxygens (including phenoxy) is 1. The van der Waals surface area contributed by atoms with E-state index in [-0.39, 0.29) is 31.1 Å². The van der Waals surface area contributed by atoms with Crippen LogP contribution in [0, 0.1) is 0 Å². The van der Waals surface area contributed by atoms with Gasteiger partial charge in [-0.1, -0.05) is 35.3 Å². The van der Waals surface area contributed by atoms with Crippen molar-refractivity contribution in [2.45, 2.75) is 19.4 Å². The van der Waals surface area contributed by atoms with Gasteiger partial charge in [0.25, 0.3) is 0 Å². The number of nitrogens with one attached hydrogen (secondary N) is 2. The standard InChI is InChI=1S/C21H23Cl2N3O3/c1-13(27)29-7-6-24-21(28)25-16-5-3-4-14(8-16)18-11-26(2)12-19-17(18)9-15(22)10-20(19)23/h3-5,8-10,18H,6-7,11-12H2,1-2H3,(H2,24,25,28)/t18-/m1/s1. The Morgan fingerprint density at radius 3 is 2.79 bits per heavy atom. The minimum absolute atomic E-state index is 0.0914. The lowest BCUT2D eigenvalue weighted by molar-refractivity contribution is -0.140. The van der Waals surface area contributed by atoms with Crippen LogP contribution in [0.15, 0.2) is 36.4 Å². The number of nitrogens with zero attached hydrogens (tertiary/aromatic N) is 1. The zero-order valence-electron chi connectivity index (χ0n) is 16.3. The van der Waals surface area contributed by atoms with E-state index in [0.717, 1.165) is 29.8 Å². The highest BCUT2D eigenvalue weighted by molar-refractivity contribution is 6.35. The summed E-state index contributed by atoms with van der Waals surface area (Å²) in [6, 6.07) is 11.1. The number of hydrogen-bond donors (Lipinski definition) is 2. The van der Waals surface area contributed by atoms with Gasteiger partial charge in [-0.2, -0.15) is 0 Å². The van der Waals surface area contributed by atoms with Crippen LogP contribution in [0.3, 0.4) is 0 Å². The van der Waals surface area contributed by atoms with E-state index in [0.29, 0.717) is 15.7 Å². The van der Waals surface area contributed by atoms with E-state index in [1.165, 1.54) is 6.92 Å². The molecule has 154 valence electrons. The maximum absolute atomic E-state index is 12.1. The Balaban J connectivity index is 1.75. The second kappa shape index (κ2) is 9.48. The first-order valence-electron chi connectivity index (χ1n) is 9.28. The van der Waals surface area contributed by atoms with E-state index >= 15 is 0 Å². The lowest BCUT2D eigenvalue weighted by Crippen LogP contribution is -2.32. The molecule has 0 saturated carbocycles. The van der Waals surface area contributed by atoms with Crippen LogP contribution in [-0.2, 0) is 16.1 Å². The van der Waals surface area contributed by atoms with Crippen LogP contribution >= 0.6 is 23.2 Å². The van der Waals surface area contributed by atoms with Gasteiger partial charge in [0.1, 0.15) is 6.61 Å². The SMILES string of the molecule is CC(=O)OCCNC(=O)Nc1cccc([C@H]2CN(C)Cc3c(Cl)cc(Cl)cc32)c1. The van der Waals surface area contributed by atoms with Crippen LogP contribution in [0.2, 0.25) is 10.0 Å². The number of rotatable bonds is 5. The maximum Gasteiger partial charge on any atom is 0.319 e. The molecule has 0 fully saturated rings. The van der Waals surface area contributed by atoms with Crippen LogP contribution in [0.1, 0.15) is 29.5 Å². The number of fused-ring (bicyclic) bond motifs is 1. The molecular formula is C21H23Cl2N3O3. The molecule has 1 aliphatic heterocycles. The van der Waals surface area contributed by atoms with E-state index < -0.39 is 0 Å². The van der Waals surface area contributed by atoms with E-state index in [1.807, 2.05) is 30.3 Å². The van der Waals surface area contributed by atoms with Crippen molar-refractivity contribution in [3.8, 4) is 0 Å². The molecule has 8 heteroatoms. The highest BCUT2D eigenvalue weighted by Gasteiger charge is 2.27. The van der Waals surface area contributed by atoms with Gasteiger partial charge in [0.05, 0.1) is 6.54 Å². The number of halogens is 2. The second-order valence-corrected chi connectivity index (χ2v) is 7.89. The van der Waals surface area contributed by atoms with E-state index in [9.17, 15) is 9.59 Å². The Morgan fingerprint density at radius 2 is 2.03 bits per heavy atom. The first kappa shape index (κ1) is 21.4. The van der Waals surface area contributed by atoms with Gasteiger partial charge in [-0.25, -0.2) is 4.79 Å². The predicted octanol–water partition coefficient (Wildman–Crippen LogP) is 4.26. The third kappa shape index (κ3) is 5.63. The molecule has 0 saturated heterocycles. The molecule has 0 bridgehead atoms. The number of carbonyl (C=O) groups excluding carboxylic acids is 2. The van der Waals surface area contributed by atoms with Gasteiger partial charge in [-0.3, -0.25) is 4.79 Å². The fraction of sp³-hybridized carbons (Fsp3) is 0.333. The lowest BCUT2D eigenvalue weighted by atomic mass is 9.84. The number of urea groups is 1. The summed E-state index contributed by atoms with van der Waals surface area (Å²) in [6.45, 7) is 3.29. The number of hydrogen-bond acceptors (Lipinski definition) is 4. The number of esters is 1. The van der Waals surface area contributed by atoms with Crippen molar-refractivity contribution in [2.75, 3.05) is 32.1 Å². The summed E-state index contributed by atoms with van der Waals surface area (Å²) in [5.74, 6) is -0.286. The topological polar surface area (TPSA) is 70.7 Å². The van der Waals surface area contributed by atoms with Gasteiger partial charge >= 0.3 is 12.0 Å². The predicted molar refractivity (Wildman–Crippen MR) is 115 cm³/mol. The van der Waals surface area contributed by atoms with Crippen molar-refractivity contribution in [1.29, 1.82) is 0 Å². The molecule has 29 heavy (non-hydrogen) atoms. The van der Waals surface area contributed by atoms with Crippen molar-refractivity contribution in [3.63, 3.8) is 0 Å². The Labute approximate surface area is 180 Å². The molecule has 1 atom stereocenters. The summed E-state index contributed by atoms with van der Waals surface area (Å²) in [5, 5.41) is 6.75. The molecule has 2 aromatic rings. The number of carbonyl (C=O) groups is 2. The van der Waals surface area contributed by atoms with Crippen LogP contribution < -0.4 is 10.6 Å². The quantitative estimate of drug-likeness (QED) is 0.543. The highest BCUT2D eigenvalue weighted by atomic mass is 35.5. The zero-order chi connectivity index (χ0) is 21.0. The molecule has 3 rings (SSSR count). The Morgan fingerprint density at radius 1 is 1.24 bits per heavy atom. The number of benzene rings is 2. The Bertz CT molecular complexity index is 920. The fourth-order valence-corrected chi connectivity index (χ4v) is 4.07. The highest BCUT2D eigenvalue weighted by Crippen LogP contribution is 2.38. The Kier molecular flexibility index (Phi) is 7.00. The summed E-state index contributed by atoms with van der Waals surface area (Å²) < 4.78 is 4.80. The van der Waals surface area contributed by atoms with Crippen molar-refractivity contribution in [3.05, 3.63) is 63.1 Å². The van der Waals surface area contributed by atoms with Gasteiger partial charge in [0.2, 0.25) is 0 Å². The monoisotopic (exact) mass is 435 g/mol. The van der Waals surface area contributed by atoms with Gasteiger partial charge in [-0.05, 0) is 48.0 Å². The third-order valence-corrected chi connectivity index (χ3v) is 5.29. The lowest BCUT2D eigenvalue weighted by Gasteiger charge is -2.33. The van der Waals surface area contributed by atoms with Crippen LogP contribution in [0.4, 0.5) is 10.5 Å². The van der Waals surface area contributed by atoms with Gasteiger partial charge in [0, 0.05) is 41.7 Å². The first-order chi connectivity index (χ1) is 13.8. The second-order valence-electron chi connectivity index (χ2n) is 7.05. The summed E-state index contributed by atoms with van der Waals surface area (Å²) in [6.07, 6.45) is 0. The molecule has 0 aliphatic carbocycles. The summed E-state index contributed by atoms with van der Waals surface area (Å²) in [5.41, 5.74) is 3.93. The average molecular weight is 436 g/mol. The van der Waals surface area contributed by atoms with Gasteiger partial charge in [0.15, 0.2) is 0 Å². The molecule has 0 spiro atoms. The minimum Gasteiger partial charge on any atom is -0.464 e. The van der Waals surface area contributed by atoms with Crippen molar-refractivity contribution in [2.24, 2.45) is 0 Å². The van der Waals surface area contributed by atoms with Gasteiger partial charge < -0.3 is 20.3 Å². The molecule has 1 heterocycles. The molecule has 1 aliphatic rings. The molecule has 0 aromatic heterocycles. The fourth-order valence-electron chi connectivity index (χ4n) is 3.50. The molecule has 2 N–H and O–H groups in total. The van der Waals surface area contributed by atoms with E-state index in [4.69, 9.17) is 27.9 Å². The maximum atomic E-state index is 12.1. The van der Waals surface area contributed by atoms with Crippen molar-refractivity contribution >= 4 is 40.9 Å². The smallest absolute Gasteiger partial charge is 0.319 e. The van der Waals surface area contributed by atoms with Crippen molar-refractivity contribution in [1.82, 2.24) is 10.2 Å². The van der Waals surface area contributed by atoms with E-state index in [2.05, 4.69) is 22.6 Å². The molecule has 0 unspecified atom stereocenters. The normalized spacial score (nSPS) is 16.1. The third-order valence-electron chi connectivity index (χ3n) is 4.73. The largest absolute Gasteiger partial charge is 0.464 e. The summed E-state index contributed by atoms with van der Waals surface area (Å²) in [7, 11) is 2.06. The van der Waals surface area contributed by atoms with Crippen molar-refractivity contribution < 1.29 is 14.3 Å². The number of anilines is 1. The summed E-state index contributed by atoms with van der Waals surface area (Å²) in [4.78, 5) is 25.0. The average Bonchev–Trinajstić information content (AvgIpc) is 2.65. The molecule has 2 aromatic carbocycles. The molecular weight excluding hydrogens is 413 g/mol. The summed E-state index contributed by atoms with van der Waals surface area (Å²) >= 11 is 12.7. The van der Waals surface area contributed by atoms with Gasteiger partial charge in [-0.15, -0.1) is 0 Å². The zero-order valence-corrected chi connectivity index (χ0v) is 17.8. The molecule has 0 radical (unpaired) electrons. The van der Waals surface area contributed by atoms with E-state index in [1.54, 1.807) is 6.07 Å². The first-order valence-corrected chi connectivity index (χ1v) is 10.0. The van der Waals surface area contributed by atoms with Crippen LogP contribution in [0.25, 0.3) is 0 Å². The van der Waals surface area contributed by atoms with Crippen LogP contribution in [0.5, 0.6) is 0 Å². The van der Waals surface area contributed by atoms with Crippen LogP contribution in [-0.4, -0.2) is 43.6 Å². The minimum atomic E-state index is -0.377. The number of amides is 2. The molecule has 2 amide bonds. The molecule has 6 nitrogen and oxygen atoms in total. The number of likely N-dealkylation sites (N-methyl/N-ethyl adjacent to an activating group) is 1.